The Morgan fingerprint density at radius 1 is 1.15 bits per heavy atom. The molecule has 0 aliphatic carbocycles. The van der Waals surface area contributed by atoms with Gasteiger partial charge in [0.05, 0.1) is 6.61 Å². The van der Waals surface area contributed by atoms with Gasteiger partial charge in [0.1, 0.15) is 0 Å². The molecule has 0 aromatic carbocycles. The smallest absolute Gasteiger partial charge is 0.323 e. The quantitative estimate of drug-likeness (QED) is 0.489. The summed E-state index contributed by atoms with van der Waals surface area (Å²) in [4.78, 5) is 14.8. The number of anilines is 2. The summed E-state index contributed by atoms with van der Waals surface area (Å²) in [6, 6.07) is 0.274. The fourth-order valence-corrected chi connectivity index (χ4v) is 2.20. The summed E-state index contributed by atoms with van der Waals surface area (Å²) >= 11 is 0. The third kappa shape index (κ3) is 4.46. The Morgan fingerprint density at radius 3 is 2.60 bits per heavy atom. The minimum atomic E-state index is 0.274. The summed E-state index contributed by atoms with van der Waals surface area (Å²) in [5.41, 5.74) is 2.41. The number of hydrazine groups is 1. The second-order valence-corrected chi connectivity index (χ2v) is 4.67. The third-order valence-corrected chi connectivity index (χ3v) is 3.18. The molecule has 1 aliphatic rings. The van der Waals surface area contributed by atoms with Crippen molar-refractivity contribution in [3.63, 3.8) is 0 Å². The molecule has 0 bridgehead atoms. The third-order valence-electron chi connectivity index (χ3n) is 3.18. The molecule has 0 amide bonds. The summed E-state index contributed by atoms with van der Waals surface area (Å²) in [5, 5.41) is 3.19. The van der Waals surface area contributed by atoms with Gasteiger partial charge in [-0.1, -0.05) is 6.42 Å². The number of aromatic nitrogens is 3. The van der Waals surface area contributed by atoms with Gasteiger partial charge in [0.15, 0.2) is 0 Å². The van der Waals surface area contributed by atoms with Gasteiger partial charge in [-0.2, -0.15) is 15.0 Å². The van der Waals surface area contributed by atoms with Gasteiger partial charge in [-0.15, -0.1) is 0 Å². The summed E-state index contributed by atoms with van der Waals surface area (Å²) in [7, 11) is 0. The lowest BCUT2D eigenvalue weighted by molar-refractivity contribution is 0.237. The van der Waals surface area contributed by atoms with Crippen molar-refractivity contribution in [2.45, 2.75) is 26.2 Å². The zero-order chi connectivity index (χ0) is 14.2. The second-order valence-electron chi connectivity index (χ2n) is 4.67. The number of likely N-dealkylation sites (tertiary alicyclic amines) is 1. The first-order valence-corrected chi connectivity index (χ1v) is 7.13. The van der Waals surface area contributed by atoms with Crippen molar-refractivity contribution in [3.05, 3.63) is 0 Å². The number of nitrogens with one attached hydrogen (secondary N) is 2. The van der Waals surface area contributed by atoms with Crippen molar-refractivity contribution in [1.29, 1.82) is 0 Å². The predicted molar refractivity (Wildman–Crippen MR) is 77.6 cm³/mol. The van der Waals surface area contributed by atoms with E-state index in [4.69, 9.17) is 10.6 Å². The van der Waals surface area contributed by atoms with Crippen molar-refractivity contribution >= 4 is 11.9 Å². The lowest BCUT2D eigenvalue weighted by Crippen LogP contribution is -2.34. The van der Waals surface area contributed by atoms with Crippen LogP contribution in [0.4, 0.5) is 11.9 Å². The molecule has 1 saturated heterocycles. The molecule has 0 saturated carbocycles. The maximum absolute atomic E-state index is 5.33. The van der Waals surface area contributed by atoms with Crippen LogP contribution in [-0.4, -0.2) is 52.6 Å². The van der Waals surface area contributed by atoms with Gasteiger partial charge in [0, 0.05) is 13.1 Å². The molecule has 112 valence electrons. The predicted octanol–water partition coefficient (Wildman–Crippen LogP) is 0.454. The molecule has 4 N–H and O–H groups in total. The fraction of sp³-hybridized carbons (Fsp3) is 0.750. The topological polar surface area (TPSA) is 101 Å². The molecule has 8 nitrogen and oxygen atoms in total. The molecule has 1 aromatic rings. The molecule has 8 heteroatoms. The van der Waals surface area contributed by atoms with Crippen LogP contribution in [0.3, 0.4) is 0 Å². The van der Waals surface area contributed by atoms with Crippen LogP contribution >= 0.6 is 0 Å². The lowest BCUT2D eigenvalue weighted by atomic mass is 10.1. The summed E-state index contributed by atoms with van der Waals surface area (Å²) in [6.07, 6.45) is 3.93. The average molecular weight is 281 g/mol. The fourth-order valence-electron chi connectivity index (χ4n) is 2.20. The minimum absolute atomic E-state index is 0.274. The first-order chi connectivity index (χ1) is 9.81. The summed E-state index contributed by atoms with van der Waals surface area (Å²) < 4.78 is 5.28. The molecule has 0 unspecified atom stereocenters. The molecule has 1 aromatic heterocycles. The molecule has 2 heterocycles. The highest BCUT2D eigenvalue weighted by Crippen LogP contribution is 2.11. The second kappa shape index (κ2) is 7.81. The standard InChI is InChI=1S/C12H23N7O/c1-2-20-12-16-10(15-11(17-12)18-13)14-6-9-19-7-4-3-5-8-19/h2-9,13H2,1H3,(H2,14,15,16,17,18). The van der Waals surface area contributed by atoms with E-state index in [2.05, 4.69) is 30.6 Å². The highest BCUT2D eigenvalue weighted by molar-refractivity contribution is 5.34. The van der Waals surface area contributed by atoms with E-state index in [0.29, 0.717) is 18.5 Å². The van der Waals surface area contributed by atoms with Gasteiger partial charge in [-0.3, -0.25) is 5.43 Å². The van der Waals surface area contributed by atoms with Crippen molar-refractivity contribution in [1.82, 2.24) is 19.9 Å². The van der Waals surface area contributed by atoms with E-state index >= 15 is 0 Å². The summed E-state index contributed by atoms with van der Waals surface area (Å²) in [6.45, 7) is 6.52. The molecule has 1 aliphatic heterocycles. The molecule has 0 atom stereocenters. The summed E-state index contributed by atoms with van der Waals surface area (Å²) in [5.74, 6) is 6.11. The van der Waals surface area contributed by atoms with Gasteiger partial charge in [-0.05, 0) is 32.9 Å². The zero-order valence-corrected chi connectivity index (χ0v) is 11.9. The molecular weight excluding hydrogens is 258 g/mol. The van der Waals surface area contributed by atoms with Gasteiger partial charge in [0.2, 0.25) is 11.9 Å². The molecule has 2 rings (SSSR count). The number of nitrogens with two attached hydrogens (primary N) is 1. The van der Waals surface area contributed by atoms with Crippen LogP contribution in [0, 0.1) is 0 Å². The van der Waals surface area contributed by atoms with Gasteiger partial charge in [-0.25, -0.2) is 5.84 Å². The van der Waals surface area contributed by atoms with Gasteiger partial charge >= 0.3 is 6.01 Å². The van der Waals surface area contributed by atoms with Crippen LogP contribution in [0.15, 0.2) is 0 Å². The SMILES string of the molecule is CCOc1nc(NN)nc(NCCN2CCCCC2)n1. The number of rotatable bonds is 7. The molecule has 0 radical (unpaired) electrons. The lowest BCUT2D eigenvalue weighted by Gasteiger charge is -2.26. The molecule has 20 heavy (non-hydrogen) atoms. The Balaban J connectivity index is 1.85. The number of hydrogen-bond donors (Lipinski definition) is 3. The van der Waals surface area contributed by atoms with Crippen LogP contribution in [0.2, 0.25) is 0 Å². The Kier molecular flexibility index (Phi) is 5.75. The minimum Gasteiger partial charge on any atom is -0.464 e. The highest BCUT2D eigenvalue weighted by atomic mass is 16.5. The van der Waals surface area contributed by atoms with Crippen molar-refractivity contribution in [2.75, 3.05) is 43.5 Å². The van der Waals surface area contributed by atoms with E-state index in [9.17, 15) is 0 Å². The maximum atomic E-state index is 5.33. The number of nitrogens with zero attached hydrogens (tertiary/aromatic N) is 4. The maximum Gasteiger partial charge on any atom is 0.323 e. The van der Waals surface area contributed by atoms with E-state index in [1.165, 1.54) is 32.4 Å². The molecule has 1 fully saturated rings. The number of piperidine rings is 1. The van der Waals surface area contributed by atoms with E-state index in [1.807, 2.05) is 6.92 Å². The van der Waals surface area contributed by atoms with Crippen LogP contribution in [-0.2, 0) is 0 Å². The van der Waals surface area contributed by atoms with E-state index in [-0.39, 0.29) is 6.01 Å². The number of hydrogen-bond acceptors (Lipinski definition) is 8. The van der Waals surface area contributed by atoms with Gasteiger partial charge < -0.3 is 15.0 Å². The van der Waals surface area contributed by atoms with Crippen molar-refractivity contribution in [3.8, 4) is 6.01 Å². The highest BCUT2D eigenvalue weighted by Gasteiger charge is 2.10. The van der Waals surface area contributed by atoms with Crippen LogP contribution in [0.25, 0.3) is 0 Å². The average Bonchev–Trinajstić information content (AvgIpc) is 2.48. The first kappa shape index (κ1) is 14.7. The molecule has 0 spiro atoms. The van der Waals surface area contributed by atoms with Crippen molar-refractivity contribution < 1.29 is 4.74 Å². The van der Waals surface area contributed by atoms with Crippen LogP contribution in [0.5, 0.6) is 6.01 Å². The van der Waals surface area contributed by atoms with Crippen LogP contribution in [0.1, 0.15) is 26.2 Å². The Morgan fingerprint density at radius 2 is 1.90 bits per heavy atom. The Bertz CT molecular complexity index is 409. The van der Waals surface area contributed by atoms with Crippen molar-refractivity contribution in [2.24, 2.45) is 5.84 Å². The first-order valence-electron chi connectivity index (χ1n) is 7.13. The Labute approximate surface area is 119 Å². The Hall–Kier alpha value is -1.67. The van der Waals surface area contributed by atoms with Gasteiger partial charge in [0.25, 0.3) is 0 Å². The number of ether oxygens (including phenoxy) is 1. The van der Waals surface area contributed by atoms with E-state index in [0.717, 1.165) is 13.1 Å². The molecular formula is C12H23N7O. The largest absolute Gasteiger partial charge is 0.464 e. The normalized spacial score (nSPS) is 15.9. The van der Waals surface area contributed by atoms with E-state index < -0.39 is 0 Å². The zero-order valence-electron chi connectivity index (χ0n) is 11.9. The van der Waals surface area contributed by atoms with Crippen LogP contribution < -0.4 is 21.3 Å². The monoisotopic (exact) mass is 281 g/mol. The van der Waals surface area contributed by atoms with E-state index in [1.54, 1.807) is 0 Å². The number of nitrogen functional groups attached to an aromatic ring is 1.